The summed E-state index contributed by atoms with van der Waals surface area (Å²) in [4.78, 5) is 24.5. The topological polar surface area (TPSA) is 57.6 Å². The van der Waals surface area contributed by atoms with E-state index in [2.05, 4.69) is 0 Å². The largest absolute Gasteiger partial charge is 0.480 e. The molecule has 1 saturated heterocycles. The number of halogens is 3. The molecule has 0 unspecified atom stereocenters. The predicted octanol–water partition coefficient (Wildman–Crippen LogP) is 2.99. The monoisotopic (exact) mass is 319 g/mol. The molecule has 0 bridgehead atoms. The van der Waals surface area contributed by atoms with Crippen LogP contribution in [0.2, 0.25) is 0 Å². The van der Waals surface area contributed by atoms with Crippen molar-refractivity contribution < 1.29 is 27.9 Å². The number of carboxylic acids is 1. The Labute approximate surface area is 122 Å². The van der Waals surface area contributed by atoms with E-state index >= 15 is 0 Å². The molecule has 1 atom stereocenters. The van der Waals surface area contributed by atoms with Crippen LogP contribution in [0.15, 0.2) is 29.2 Å². The minimum Gasteiger partial charge on any atom is -0.480 e. The van der Waals surface area contributed by atoms with Crippen molar-refractivity contribution in [3.05, 3.63) is 29.8 Å². The van der Waals surface area contributed by atoms with Crippen LogP contribution < -0.4 is 0 Å². The average molecular weight is 319 g/mol. The molecule has 0 spiro atoms. The second-order valence-corrected chi connectivity index (χ2v) is 5.71. The van der Waals surface area contributed by atoms with Crippen LogP contribution in [0, 0.1) is 0 Å². The van der Waals surface area contributed by atoms with Crippen molar-refractivity contribution in [2.45, 2.75) is 29.3 Å². The fourth-order valence-corrected chi connectivity index (χ4v) is 2.77. The lowest BCUT2D eigenvalue weighted by molar-refractivity contribution is -0.141. The van der Waals surface area contributed by atoms with Crippen molar-refractivity contribution in [1.82, 2.24) is 4.90 Å². The molecule has 1 aromatic rings. The van der Waals surface area contributed by atoms with E-state index < -0.39 is 23.4 Å². The number of likely N-dealkylation sites (tertiary alicyclic amines) is 1. The number of carbonyl (C=O) groups is 2. The Balaban J connectivity index is 2.11. The summed E-state index contributed by atoms with van der Waals surface area (Å²) < 4.78 is 36.6. The zero-order valence-electron chi connectivity index (χ0n) is 10.8. The standard InChI is InChI=1S/C13H12F3NO3S/c14-13(15,16)21-9-5-3-8(4-6-9)11(18)17-7-1-2-10(17)12(19)20/h3-6,10H,1-2,7H2,(H,19,20)/t10-/m0/s1. The maximum absolute atomic E-state index is 12.2. The fourth-order valence-electron chi connectivity index (χ4n) is 2.23. The van der Waals surface area contributed by atoms with E-state index in [4.69, 9.17) is 5.11 Å². The van der Waals surface area contributed by atoms with Crippen molar-refractivity contribution >= 4 is 23.6 Å². The summed E-state index contributed by atoms with van der Waals surface area (Å²) in [5.74, 6) is -1.53. The van der Waals surface area contributed by atoms with Gasteiger partial charge in [-0.3, -0.25) is 4.79 Å². The first-order valence-corrected chi connectivity index (χ1v) is 6.99. The molecular weight excluding hydrogens is 307 g/mol. The molecule has 1 aliphatic rings. The normalized spacial score (nSPS) is 18.8. The molecular formula is C13H12F3NO3S. The van der Waals surface area contributed by atoms with Crippen LogP contribution >= 0.6 is 11.8 Å². The van der Waals surface area contributed by atoms with Crippen molar-refractivity contribution in [2.75, 3.05) is 6.54 Å². The van der Waals surface area contributed by atoms with Gasteiger partial charge in [-0.1, -0.05) is 0 Å². The molecule has 0 radical (unpaired) electrons. The first kappa shape index (κ1) is 15.7. The van der Waals surface area contributed by atoms with Gasteiger partial charge in [-0.05, 0) is 48.9 Å². The number of hydrogen-bond donors (Lipinski definition) is 1. The lowest BCUT2D eigenvalue weighted by Gasteiger charge is -2.21. The number of hydrogen-bond acceptors (Lipinski definition) is 3. The van der Waals surface area contributed by atoms with E-state index in [1.807, 2.05) is 0 Å². The minimum atomic E-state index is -4.38. The highest BCUT2D eigenvalue weighted by Crippen LogP contribution is 2.36. The zero-order valence-corrected chi connectivity index (χ0v) is 11.6. The number of aliphatic carboxylic acids is 1. The second kappa shape index (κ2) is 5.97. The summed E-state index contributed by atoms with van der Waals surface area (Å²) >= 11 is -0.260. The molecule has 21 heavy (non-hydrogen) atoms. The molecule has 8 heteroatoms. The summed E-state index contributed by atoms with van der Waals surface area (Å²) in [6.45, 7) is 0.342. The van der Waals surface area contributed by atoms with E-state index in [9.17, 15) is 22.8 Å². The molecule has 0 aromatic heterocycles. The van der Waals surface area contributed by atoms with Crippen molar-refractivity contribution in [1.29, 1.82) is 0 Å². The van der Waals surface area contributed by atoms with Crippen LogP contribution in [0.4, 0.5) is 13.2 Å². The molecule has 1 aliphatic heterocycles. The summed E-state index contributed by atoms with van der Waals surface area (Å²) in [5.41, 5.74) is -4.19. The number of thioether (sulfide) groups is 1. The molecule has 1 N–H and O–H groups in total. The Morgan fingerprint density at radius 2 is 1.86 bits per heavy atom. The first-order valence-electron chi connectivity index (χ1n) is 6.17. The van der Waals surface area contributed by atoms with Gasteiger partial charge in [-0.25, -0.2) is 4.79 Å². The quantitative estimate of drug-likeness (QED) is 0.870. The number of benzene rings is 1. The number of nitrogens with zero attached hydrogens (tertiary/aromatic N) is 1. The van der Waals surface area contributed by atoms with Gasteiger partial charge in [0, 0.05) is 17.0 Å². The number of carboxylic acid groups (broad SMARTS) is 1. The highest BCUT2D eigenvalue weighted by molar-refractivity contribution is 8.00. The van der Waals surface area contributed by atoms with Gasteiger partial charge in [0.05, 0.1) is 0 Å². The number of amides is 1. The van der Waals surface area contributed by atoms with Crippen molar-refractivity contribution in [3.63, 3.8) is 0 Å². The summed E-state index contributed by atoms with van der Waals surface area (Å²) in [5, 5.41) is 9.03. The molecule has 1 amide bonds. The smallest absolute Gasteiger partial charge is 0.446 e. The molecule has 114 valence electrons. The van der Waals surface area contributed by atoms with E-state index in [-0.39, 0.29) is 22.2 Å². The van der Waals surface area contributed by atoms with Crippen molar-refractivity contribution in [3.8, 4) is 0 Å². The van der Waals surface area contributed by atoms with E-state index in [0.29, 0.717) is 19.4 Å². The predicted molar refractivity (Wildman–Crippen MR) is 70.0 cm³/mol. The van der Waals surface area contributed by atoms with Gasteiger partial charge in [0.25, 0.3) is 5.91 Å². The Kier molecular flexibility index (Phi) is 4.46. The third-order valence-corrected chi connectivity index (χ3v) is 3.87. The second-order valence-electron chi connectivity index (χ2n) is 4.57. The molecule has 1 fully saturated rings. The van der Waals surface area contributed by atoms with Gasteiger partial charge in [-0.15, -0.1) is 0 Å². The molecule has 0 saturated carbocycles. The number of rotatable bonds is 3. The number of carbonyl (C=O) groups excluding carboxylic acids is 1. The average Bonchev–Trinajstić information content (AvgIpc) is 2.86. The van der Waals surface area contributed by atoms with Crippen LogP contribution in [0.25, 0.3) is 0 Å². The highest BCUT2D eigenvalue weighted by Gasteiger charge is 2.34. The van der Waals surface area contributed by atoms with E-state index in [0.717, 1.165) is 0 Å². The third-order valence-electron chi connectivity index (χ3n) is 3.13. The Hall–Kier alpha value is -1.70. The third kappa shape index (κ3) is 3.90. The maximum Gasteiger partial charge on any atom is 0.446 e. The molecule has 2 rings (SSSR count). The lowest BCUT2D eigenvalue weighted by Crippen LogP contribution is -2.40. The Morgan fingerprint density at radius 3 is 2.38 bits per heavy atom. The van der Waals surface area contributed by atoms with Gasteiger partial charge in [-0.2, -0.15) is 13.2 Å². The molecule has 0 aliphatic carbocycles. The van der Waals surface area contributed by atoms with E-state index in [1.165, 1.54) is 29.2 Å². The Morgan fingerprint density at radius 1 is 1.24 bits per heavy atom. The van der Waals surface area contributed by atoms with Crippen LogP contribution in [0.5, 0.6) is 0 Å². The van der Waals surface area contributed by atoms with Gasteiger partial charge < -0.3 is 10.0 Å². The first-order chi connectivity index (χ1) is 9.78. The summed E-state index contributed by atoms with van der Waals surface area (Å²) in [6.07, 6.45) is 0.994. The molecule has 4 nitrogen and oxygen atoms in total. The SMILES string of the molecule is O=C(O)[C@@H]1CCCN1C(=O)c1ccc(SC(F)(F)F)cc1. The minimum absolute atomic E-state index is 0.0183. The summed E-state index contributed by atoms with van der Waals surface area (Å²) in [7, 11) is 0. The van der Waals surface area contributed by atoms with Crippen LogP contribution in [0.3, 0.4) is 0 Å². The van der Waals surface area contributed by atoms with E-state index in [1.54, 1.807) is 0 Å². The van der Waals surface area contributed by atoms with Crippen LogP contribution in [-0.2, 0) is 4.79 Å². The maximum atomic E-state index is 12.2. The Bertz CT molecular complexity index is 545. The fraction of sp³-hybridized carbons (Fsp3) is 0.385. The van der Waals surface area contributed by atoms with Crippen molar-refractivity contribution in [2.24, 2.45) is 0 Å². The molecule has 1 heterocycles. The van der Waals surface area contributed by atoms with Gasteiger partial charge in [0.15, 0.2) is 0 Å². The number of alkyl halides is 3. The lowest BCUT2D eigenvalue weighted by atomic mass is 10.1. The summed E-state index contributed by atoms with van der Waals surface area (Å²) in [6, 6.07) is 4.12. The van der Waals surface area contributed by atoms with Gasteiger partial charge in [0.2, 0.25) is 0 Å². The molecule has 1 aromatic carbocycles. The van der Waals surface area contributed by atoms with Gasteiger partial charge >= 0.3 is 11.5 Å². The van der Waals surface area contributed by atoms with Crippen LogP contribution in [-0.4, -0.2) is 40.0 Å². The van der Waals surface area contributed by atoms with Gasteiger partial charge in [0.1, 0.15) is 6.04 Å². The zero-order chi connectivity index (χ0) is 15.6. The van der Waals surface area contributed by atoms with Crippen LogP contribution in [0.1, 0.15) is 23.2 Å². The highest BCUT2D eigenvalue weighted by atomic mass is 32.2.